The van der Waals surface area contributed by atoms with E-state index in [1.165, 1.54) is 6.07 Å². The van der Waals surface area contributed by atoms with Crippen LogP contribution < -0.4 is 0 Å². The van der Waals surface area contributed by atoms with E-state index in [1.807, 2.05) is 0 Å². The maximum Gasteiger partial charge on any atom is 0.451 e. The lowest BCUT2D eigenvalue weighted by atomic mass is 10.1. The van der Waals surface area contributed by atoms with Gasteiger partial charge in [-0.2, -0.15) is 13.2 Å². The van der Waals surface area contributed by atoms with Gasteiger partial charge in [-0.1, -0.05) is 13.8 Å². The number of nitrogens with zero attached hydrogens (tertiary/aromatic N) is 2. The Kier molecular flexibility index (Phi) is 3.06. The summed E-state index contributed by atoms with van der Waals surface area (Å²) in [5, 5.41) is 0. The van der Waals surface area contributed by atoms with Gasteiger partial charge in [0.25, 0.3) is 0 Å². The standard InChI is InChI=1S/C9H9F3N2O/c1-5(2)7(15)6-3-4-13-8(14-6)9(10,11)12/h3-5H,1-2H3. The van der Waals surface area contributed by atoms with Crippen LogP contribution in [-0.4, -0.2) is 15.8 Å². The molecule has 3 nitrogen and oxygen atoms in total. The topological polar surface area (TPSA) is 42.9 Å². The fraction of sp³-hybridized carbons (Fsp3) is 0.444. The Morgan fingerprint density at radius 1 is 1.40 bits per heavy atom. The summed E-state index contributed by atoms with van der Waals surface area (Å²) in [4.78, 5) is 17.6. The first-order valence-electron chi connectivity index (χ1n) is 4.27. The Balaban J connectivity index is 3.09. The molecule has 0 aliphatic rings. The van der Waals surface area contributed by atoms with Gasteiger partial charge in [-0.15, -0.1) is 0 Å². The van der Waals surface area contributed by atoms with Crippen molar-refractivity contribution in [2.45, 2.75) is 20.0 Å². The third kappa shape index (κ3) is 2.74. The number of rotatable bonds is 2. The van der Waals surface area contributed by atoms with Crippen molar-refractivity contribution in [3.05, 3.63) is 23.8 Å². The highest BCUT2D eigenvalue weighted by molar-refractivity contribution is 5.95. The third-order valence-corrected chi connectivity index (χ3v) is 1.69. The number of hydrogen-bond acceptors (Lipinski definition) is 3. The second-order valence-corrected chi connectivity index (χ2v) is 3.28. The Morgan fingerprint density at radius 2 is 2.00 bits per heavy atom. The van der Waals surface area contributed by atoms with E-state index in [4.69, 9.17) is 0 Å². The van der Waals surface area contributed by atoms with E-state index >= 15 is 0 Å². The van der Waals surface area contributed by atoms with Crippen molar-refractivity contribution in [1.29, 1.82) is 0 Å². The summed E-state index contributed by atoms with van der Waals surface area (Å²) in [6.07, 6.45) is -3.68. The highest BCUT2D eigenvalue weighted by Gasteiger charge is 2.35. The average molecular weight is 218 g/mol. The Hall–Kier alpha value is -1.46. The molecule has 82 valence electrons. The van der Waals surface area contributed by atoms with E-state index in [0.717, 1.165) is 6.20 Å². The fourth-order valence-electron chi connectivity index (χ4n) is 0.928. The predicted octanol–water partition coefficient (Wildman–Crippen LogP) is 2.33. The number of alkyl halides is 3. The summed E-state index contributed by atoms with van der Waals surface area (Å²) >= 11 is 0. The lowest BCUT2D eigenvalue weighted by molar-refractivity contribution is -0.145. The van der Waals surface area contributed by atoms with Crippen molar-refractivity contribution >= 4 is 5.78 Å². The van der Waals surface area contributed by atoms with Crippen molar-refractivity contribution in [3.63, 3.8) is 0 Å². The molecule has 1 heterocycles. The van der Waals surface area contributed by atoms with Gasteiger partial charge >= 0.3 is 6.18 Å². The van der Waals surface area contributed by atoms with E-state index in [1.54, 1.807) is 13.8 Å². The van der Waals surface area contributed by atoms with Gasteiger partial charge in [0.2, 0.25) is 5.82 Å². The van der Waals surface area contributed by atoms with Crippen LogP contribution in [0.4, 0.5) is 13.2 Å². The van der Waals surface area contributed by atoms with Crippen molar-refractivity contribution in [2.24, 2.45) is 5.92 Å². The molecule has 0 fully saturated rings. The summed E-state index contributed by atoms with van der Waals surface area (Å²) in [6, 6.07) is 1.18. The molecule has 0 saturated heterocycles. The van der Waals surface area contributed by atoms with Crippen LogP contribution in [0, 0.1) is 5.92 Å². The van der Waals surface area contributed by atoms with Crippen LogP contribution in [0.15, 0.2) is 12.3 Å². The van der Waals surface area contributed by atoms with E-state index < -0.39 is 17.8 Å². The monoisotopic (exact) mass is 218 g/mol. The Labute approximate surface area is 84.4 Å². The summed E-state index contributed by atoms with van der Waals surface area (Å²) in [6.45, 7) is 3.19. The first-order valence-corrected chi connectivity index (χ1v) is 4.27. The van der Waals surface area contributed by atoms with E-state index in [-0.39, 0.29) is 11.6 Å². The molecule has 0 bridgehead atoms. The van der Waals surface area contributed by atoms with Crippen molar-refractivity contribution < 1.29 is 18.0 Å². The molecule has 6 heteroatoms. The maximum atomic E-state index is 12.2. The summed E-state index contributed by atoms with van der Waals surface area (Å²) in [5.41, 5.74) is -0.202. The number of Topliss-reactive ketones (excluding diaryl/α,β-unsaturated/α-hetero) is 1. The van der Waals surface area contributed by atoms with Gasteiger partial charge < -0.3 is 0 Å². The van der Waals surface area contributed by atoms with Crippen molar-refractivity contribution in [3.8, 4) is 0 Å². The Morgan fingerprint density at radius 3 is 2.47 bits per heavy atom. The SMILES string of the molecule is CC(C)C(=O)c1ccnc(C(F)(F)F)n1. The number of halogens is 3. The maximum absolute atomic E-state index is 12.2. The second-order valence-electron chi connectivity index (χ2n) is 3.28. The van der Waals surface area contributed by atoms with Crippen LogP contribution in [0.2, 0.25) is 0 Å². The number of carbonyl (C=O) groups is 1. The molecule has 0 amide bonds. The smallest absolute Gasteiger partial charge is 0.292 e. The number of ketones is 1. The molecule has 0 atom stereocenters. The molecule has 0 aliphatic carbocycles. The van der Waals surface area contributed by atoms with Crippen molar-refractivity contribution in [1.82, 2.24) is 9.97 Å². The molecular formula is C9H9F3N2O. The Bertz CT molecular complexity index is 374. The normalized spacial score (nSPS) is 11.9. The zero-order valence-corrected chi connectivity index (χ0v) is 8.17. The number of aromatic nitrogens is 2. The molecule has 0 aromatic carbocycles. The molecule has 1 rings (SSSR count). The summed E-state index contributed by atoms with van der Waals surface area (Å²) < 4.78 is 36.6. The third-order valence-electron chi connectivity index (χ3n) is 1.69. The first-order chi connectivity index (χ1) is 6.82. The van der Waals surface area contributed by atoms with Crippen LogP contribution in [0.25, 0.3) is 0 Å². The van der Waals surface area contributed by atoms with Crippen molar-refractivity contribution in [2.75, 3.05) is 0 Å². The van der Waals surface area contributed by atoms with Gasteiger partial charge in [-0.05, 0) is 6.07 Å². The fourth-order valence-corrected chi connectivity index (χ4v) is 0.928. The van der Waals surface area contributed by atoms with Gasteiger partial charge in [0.1, 0.15) is 5.69 Å². The second kappa shape index (κ2) is 3.96. The van der Waals surface area contributed by atoms with Gasteiger partial charge in [-0.3, -0.25) is 4.79 Å². The van der Waals surface area contributed by atoms with E-state index in [9.17, 15) is 18.0 Å². The molecule has 1 aromatic rings. The van der Waals surface area contributed by atoms with Gasteiger partial charge in [0.05, 0.1) is 0 Å². The molecule has 0 aliphatic heterocycles. The zero-order valence-electron chi connectivity index (χ0n) is 8.17. The molecule has 0 N–H and O–H groups in total. The summed E-state index contributed by atoms with van der Waals surface area (Å²) in [7, 11) is 0. The minimum atomic E-state index is -4.62. The average Bonchev–Trinajstić information content (AvgIpc) is 2.15. The molecule has 0 radical (unpaired) electrons. The van der Waals surface area contributed by atoms with Crippen LogP contribution in [0.3, 0.4) is 0 Å². The molecule has 15 heavy (non-hydrogen) atoms. The molecule has 0 spiro atoms. The van der Waals surface area contributed by atoms with Gasteiger partial charge in [0, 0.05) is 12.1 Å². The molecule has 1 aromatic heterocycles. The minimum absolute atomic E-state index is 0.202. The summed E-state index contributed by atoms with van der Waals surface area (Å²) in [5.74, 6) is -2.10. The lowest BCUT2D eigenvalue weighted by Gasteiger charge is -2.07. The van der Waals surface area contributed by atoms with Crippen LogP contribution >= 0.6 is 0 Å². The predicted molar refractivity (Wildman–Crippen MR) is 46.2 cm³/mol. The first kappa shape index (κ1) is 11.6. The van der Waals surface area contributed by atoms with Crippen LogP contribution in [-0.2, 0) is 6.18 Å². The number of hydrogen-bond donors (Lipinski definition) is 0. The largest absolute Gasteiger partial charge is 0.451 e. The molecule has 0 unspecified atom stereocenters. The van der Waals surface area contributed by atoms with Gasteiger partial charge in [-0.25, -0.2) is 9.97 Å². The zero-order chi connectivity index (χ0) is 11.6. The molecule has 0 saturated carbocycles. The minimum Gasteiger partial charge on any atom is -0.292 e. The van der Waals surface area contributed by atoms with E-state index in [2.05, 4.69) is 9.97 Å². The highest BCUT2D eigenvalue weighted by atomic mass is 19.4. The highest BCUT2D eigenvalue weighted by Crippen LogP contribution is 2.25. The molecular weight excluding hydrogens is 209 g/mol. The number of carbonyl (C=O) groups excluding carboxylic acids is 1. The van der Waals surface area contributed by atoms with E-state index in [0.29, 0.717) is 0 Å². The lowest BCUT2D eigenvalue weighted by Crippen LogP contribution is -2.16. The quantitative estimate of drug-likeness (QED) is 0.715. The van der Waals surface area contributed by atoms with Crippen LogP contribution in [0.1, 0.15) is 30.2 Å². The van der Waals surface area contributed by atoms with Gasteiger partial charge in [0.15, 0.2) is 5.78 Å². The van der Waals surface area contributed by atoms with Crippen LogP contribution in [0.5, 0.6) is 0 Å².